The van der Waals surface area contributed by atoms with E-state index >= 15 is 0 Å². The Morgan fingerprint density at radius 2 is 2.00 bits per heavy atom. The van der Waals surface area contributed by atoms with Crippen molar-refractivity contribution in [2.24, 2.45) is 0 Å². The molecule has 0 bridgehead atoms. The molecule has 0 fully saturated rings. The van der Waals surface area contributed by atoms with Crippen LogP contribution in [0.25, 0.3) is 0 Å². The van der Waals surface area contributed by atoms with Gasteiger partial charge in [0.25, 0.3) is 0 Å². The number of rotatable bonds is 5. The van der Waals surface area contributed by atoms with Gasteiger partial charge in [-0.3, -0.25) is 0 Å². The quantitative estimate of drug-likeness (QED) is 0.824. The topological polar surface area (TPSA) is 21.3 Å². The molecule has 0 saturated carbocycles. The third kappa shape index (κ3) is 3.96. The molecule has 0 radical (unpaired) electrons. The van der Waals surface area contributed by atoms with E-state index in [1.807, 2.05) is 31.2 Å². The number of nitrogens with one attached hydrogen (secondary N) is 1. The highest BCUT2D eigenvalue weighted by Gasteiger charge is 2.03. The summed E-state index contributed by atoms with van der Waals surface area (Å²) in [5, 5.41) is 3.22. The first-order chi connectivity index (χ1) is 9.16. The van der Waals surface area contributed by atoms with Gasteiger partial charge in [0, 0.05) is 16.7 Å². The second-order valence-electron chi connectivity index (χ2n) is 4.19. The number of ether oxygens (including phenoxy) is 1. The molecular formula is C15H15BrFNO. The third-order valence-corrected chi connectivity index (χ3v) is 3.33. The Kier molecular flexibility index (Phi) is 4.80. The van der Waals surface area contributed by atoms with Crippen molar-refractivity contribution in [3.05, 3.63) is 58.3 Å². The zero-order chi connectivity index (χ0) is 13.7. The molecule has 0 aliphatic carbocycles. The van der Waals surface area contributed by atoms with Crippen molar-refractivity contribution in [1.82, 2.24) is 0 Å². The summed E-state index contributed by atoms with van der Waals surface area (Å²) in [4.78, 5) is 0. The van der Waals surface area contributed by atoms with Crippen LogP contribution in [-0.4, -0.2) is 13.2 Å². The van der Waals surface area contributed by atoms with E-state index in [0.717, 1.165) is 15.7 Å². The van der Waals surface area contributed by atoms with Gasteiger partial charge in [-0.1, -0.05) is 18.2 Å². The fourth-order valence-corrected chi connectivity index (χ4v) is 2.10. The maximum atomic E-state index is 13.4. The highest BCUT2D eigenvalue weighted by molar-refractivity contribution is 9.10. The van der Waals surface area contributed by atoms with Crippen molar-refractivity contribution in [2.45, 2.75) is 6.92 Å². The zero-order valence-corrected chi connectivity index (χ0v) is 12.2. The van der Waals surface area contributed by atoms with Crippen molar-refractivity contribution in [1.29, 1.82) is 0 Å². The molecule has 0 aliphatic rings. The maximum Gasteiger partial charge on any atom is 0.165 e. The predicted octanol–water partition coefficient (Wildman–Crippen LogP) is 4.39. The third-order valence-electron chi connectivity index (χ3n) is 2.64. The Bertz CT molecular complexity index is 560. The fraction of sp³-hybridized carbons (Fsp3) is 0.200. The van der Waals surface area contributed by atoms with Gasteiger partial charge < -0.3 is 10.1 Å². The summed E-state index contributed by atoms with van der Waals surface area (Å²) in [6.07, 6.45) is 0. The van der Waals surface area contributed by atoms with E-state index in [1.165, 1.54) is 6.07 Å². The number of halogens is 2. The number of aryl methyl sites for hydroxylation is 1. The van der Waals surface area contributed by atoms with E-state index in [1.54, 1.807) is 12.1 Å². The van der Waals surface area contributed by atoms with Gasteiger partial charge in [-0.2, -0.15) is 0 Å². The Labute approximate surface area is 120 Å². The van der Waals surface area contributed by atoms with Gasteiger partial charge in [0.15, 0.2) is 11.6 Å². The molecule has 2 rings (SSSR count). The van der Waals surface area contributed by atoms with Crippen LogP contribution in [0.2, 0.25) is 0 Å². The summed E-state index contributed by atoms with van der Waals surface area (Å²) >= 11 is 3.45. The highest BCUT2D eigenvalue weighted by atomic mass is 79.9. The summed E-state index contributed by atoms with van der Waals surface area (Å²) in [6.45, 7) is 2.92. The molecule has 0 aliphatic heterocycles. The van der Waals surface area contributed by atoms with Crippen molar-refractivity contribution in [2.75, 3.05) is 18.5 Å². The van der Waals surface area contributed by atoms with Crippen molar-refractivity contribution in [3.8, 4) is 5.75 Å². The molecule has 0 spiro atoms. The second-order valence-corrected chi connectivity index (χ2v) is 5.04. The van der Waals surface area contributed by atoms with Gasteiger partial charge in [0.05, 0.1) is 0 Å². The van der Waals surface area contributed by atoms with Crippen LogP contribution < -0.4 is 10.1 Å². The van der Waals surface area contributed by atoms with Crippen molar-refractivity contribution >= 4 is 21.6 Å². The molecule has 0 atom stereocenters. The van der Waals surface area contributed by atoms with Crippen LogP contribution in [0, 0.1) is 12.7 Å². The van der Waals surface area contributed by atoms with Gasteiger partial charge in [0.1, 0.15) is 6.61 Å². The van der Waals surface area contributed by atoms with E-state index < -0.39 is 0 Å². The number of benzene rings is 2. The Balaban J connectivity index is 1.84. The van der Waals surface area contributed by atoms with Crippen LogP contribution in [0.3, 0.4) is 0 Å². The molecule has 2 nitrogen and oxygen atoms in total. The second kappa shape index (κ2) is 6.57. The van der Waals surface area contributed by atoms with E-state index in [-0.39, 0.29) is 5.82 Å². The first-order valence-electron chi connectivity index (χ1n) is 6.04. The minimum absolute atomic E-state index is 0.300. The maximum absolute atomic E-state index is 13.4. The van der Waals surface area contributed by atoms with Gasteiger partial charge in [-0.25, -0.2) is 4.39 Å². The van der Waals surface area contributed by atoms with Crippen LogP contribution >= 0.6 is 15.9 Å². The van der Waals surface area contributed by atoms with Crippen molar-refractivity contribution < 1.29 is 9.13 Å². The standard InChI is InChI=1S/C15H15BrFNO/c1-11-6-7-13(17)15(10-11)19-9-8-18-14-5-3-2-4-12(14)16/h2-7,10,18H,8-9H2,1H3. The van der Waals surface area contributed by atoms with Crippen LogP contribution in [0.4, 0.5) is 10.1 Å². The van der Waals surface area contributed by atoms with Crippen molar-refractivity contribution in [3.63, 3.8) is 0 Å². The lowest BCUT2D eigenvalue weighted by molar-refractivity contribution is 0.315. The SMILES string of the molecule is Cc1ccc(F)c(OCCNc2ccccc2Br)c1. The molecule has 19 heavy (non-hydrogen) atoms. The molecule has 0 unspecified atom stereocenters. The van der Waals surface area contributed by atoms with E-state index in [0.29, 0.717) is 18.9 Å². The van der Waals surface area contributed by atoms with Crippen LogP contribution in [-0.2, 0) is 0 Å². The Morgan fingerprint density at radius 3 is 2.79 bits per heavy atom. The largest absolute Gasteiger partial charge is 0.489 e. The molecule has 0 heterocycles. The lowest BCUT2D eigenvalue weighted by Gasteiger charge is -2.10. The number of hydrogen-bond donors (Lipinski definition) is 1. The van der Waals surface area contributed by atoms with E-state index in [2.05, 4.69) is 21.2 Å². The van der Waals surface area contributed by atoms with Gasteiger partial charge in [-0.15, -0.1) is 0 Å². The molecule has 4 heteroatoms. The smallest absolute Gasteiger partial charge is 0.165 e. The molecular weight excluding hydrogens is 309 g/mol. The van der Waals surface area contributed by atoms with Gasteiger partial charge in [0.2, 0.25) is 0 Å². The average molecular weight is 324 g/mol. The summed E-state index contributed by atoms with van der Waals surface area (Å²) in [7, 11) is 0. The molecule has 2 aromatic carbocycles. The minimum Gasteiger partial charge on any atom is -0.489 e. The van der Waals surface area contributed by atoms with Gasteiger partial charge in [-0.05, 0) is 52.7 Å². The van der Waals surface area contributed by atoms with E-state index in [4.69, 9.17) is 4.74 Å². The van der Waals surface area contributed by atoms with Gasteiger partial charge >= 0.3 is 0 Å². The van der Waals surface area contributed by atoms with Crippen LogP contribution in [0.15, 0.2) is 46.9 Å². The predicted molar refractivity (Wildman–Crippen MR) is 79.3 cm³/mol. The summed E-state index contributed by atoms with van der Waals surface area (Å²) in [5.74, 6) is -0.0274. The van der Waals surface area contributed by atoms with Crippen LogP contribution in [0.1, 0.15) is 5.56 Å². The summed E-state index contributed by atoms with van der Waals surface area (Å²) in [6, 6.07) is 12.7. The Morgan fingerprint density at radius 1 is 1.21 bits per heavy atom. The summed E-state index contributed by atoms with van der Waals surface area (Å²) < 4.78 is 19.9. The molecule has 0 saturated heterocycles. The molecule has 0 amide bonds. The number of para-hydroxylation sites is 1. The fourth-order valence-electron chi connectivity index (χ4n) is 1.67. The zero-order valence-electron chi connectivity index (χ0n) is 10.6. The molecule has 1 N–H and O–H groups in total. The first kappa shape index (κ1) is 13.9. The lowest BCUT2D eigenvalue weighted by atomic mass is 10.2. The van der Waals surface area contributed by atoms with Crippen LogP contribution in [0.5, 0.6) is 5.75 Å². The van der Waals surface area contributed by atoms with E-state index in [9.17, 15) is 4.39 Å². The average Bonchev–Trinajstić information content (AvgIpc) is 2.40. The number of anilines is 1. The minimum atomic E-state index is -0.327. The molecule has 0 aromatic heterocycles. The molecule has 100 valence electrons. The Hall–Kier alpha value is -1.55. The molecule has 2 aromatic rings. The highest BCUT2D eigenvalue weighted by Crippen LogP contribution is 2.21. The number of hydrogen-bond acceptors (Lipinski definition) is 2. The lowest BCUT2D eigenvalue weighted by Crippen LogP contribution is -2.12. The first-order valence-corrected chi connectivity index (χ1v) is 6.83. The summed E-state index contributed by atoms with van der Waals surface area (Å²) in [5.41, 5.74) is 1.98. The normalized spacial score (nSPS) is 10.3. The monoisotopic (exact) mass is 323 g/mol.